The number of amides is 2. The van der Waals surface area contributed by atoms with Gasteiger partial charge in [-0.1, -0.05) is 0 Å². The second-order valence-electron chi connectivity index (χ2n) is 5.02. The Morgan fingerprint density at radius 3 is 2.53 bits per heavy atom. The Balaban J connectivity index is 1.99. The number of carbonyl (C=O) groups excluding carboxylic acids is 2. The molecule has 0 saturated carbocycles. The molecule has 1 aromatic rings. The lowest BCUT2D eigenvalue weighted by atomic mass is 10.3. The van der Waals surface area contributed by atoms with Crippen LogP contribution in [-0.4, -0.2) is 52.9 Å². The van der Waals surface area contributed by atoms with Crippen molar-refractivity contribution in [3.8, 4) is 0 Å². The molecule has 1 aromatic heterocycles. The number of rotatable bonds is 3. The molecule has 0 aromatic carbocycles. The van der Waals surface area contributed by atoms with Crippen molar-refractivity contribution in [3.05, 3.63) is 18.0 Å². The molecule has 1 fully saturated rings. The molecule has 1 saturated heterocycles. The maximum absolute atomic E-state index is 12.2. The molecule has 6 nitrogen and oxygen atoms in total. The zero-order chi connectivity index (χ0) is 14.0. The third kappa shape index (κ3) is 2.89. The van der Waals surface area contributed by atoms with Crippen LogP contribution >= 0.6 is 0 Å². The van der Waals surface area contributed by atoms with E-state index in [1.165, 1.54) is 4.90 Å². The van der Waals surface area contributed by atoms with E-state index < -0.39 is 0 Å². The second kappa shape index (κ2) is 5.34. The number of aromatic nitrogens is 1. The molecule has 0 atom stereocenters. The van der Waals surface area contributed by atoms with E-state index in [0.29, 0.717) is 11.4 Å². The van der Waals surface area contributed by atoms with Crippen molar-refractivity contribution in [1.29, 1.82) is 0 Å². The van der Waals surface area contributed by atoms with Gasteiger partial charge in [0.2, 0.25) is 5.91 Å². The predicted molar refractivity (Wildman–Crippen MR) is 72.6 cm³/mol. The number of nitrogens with zero attached hydrogens (tertiary/aromatic N) is 3. The quantitative estimate of drug-likeness (QED) is 0.853. The number of hydrogen-bond acceptors (Lipinski definition) is 3. The molecule has 2 amide bonds. The maximum atomic E-state index is 12.2. The van der Waals surface area contributed by atoms with Crippen LogP contribution in [0.3, 0.4) is 0 Å². The smallest absolute Gasteiger partial charge is 0.270 e. The molecule has 6 heteroatoms. The van der Waals surface area contributed by atoms with Gasteiger partial charge in [-0.2, -0.15) is 0 Å². The van der Waals surface area contributed by atoms with Crippen molar-refractivity contribution in [1.82, 2.24) is 14.4 Å². The van der Waals surface area contributed by atoms with Gasteiger partial charge in [0.15, 0.2) is 0 Å². The number of aryl methyl sites for hydroxylation is 1. The molecule has 0 aliphatic carbocycles. The number of nitrogen functional groups attached to an aromatic ring is 1. The Kier molecular flexibility index (Phi) is 3.78. The summed E-state index contributed by atoms with van der Waals surface area (Å²) in [5.41, 5.74) is 6.69. The number of carbonyl (C=O) groups is 2. The lowest BCUT2D eigenvalue weighted by Crippen LogP contribution is -2.40. The predicted octanol–water partition coefficient (Wildman–Crippen LogP) is 0.302. The van der Waals surface area contributed by atoms with Crippen LogP contribution in [0.4, 0.5) is 5.69 Å². The molecular weight excluding hydrogens is 244 g/mol. The average molecular weight is 264 g/mol. The Hall–Kier alpha value is -1.98. The first-order chi connectivity index (χ1) is 8.99. The average Bonchev–Trinajstić information content (AvgIpc) is 2.97. The highest BCUT2D eigenvalue weighted by Crippen LogP contribution is 2.12. The summed E-state index contributed by atoms with van der Waals surface area (Å²) in [6.07, 6.45) is 3.79. The third-order valence-corrected chi connectivity index (χ3v) is 3.42. The van der Waals surface area contributed by atoms with Crippen LogP contribution in [0.15, 0.2) is 12.3 Å². The fourth-order valence-corrected chi connectivity index (χ4v) is 2.34. The van der Waals surface area contributed by atoms with Crippen LogP contribution < -0.4 is 5.73 Å². The van der Waals surface area contributed by atoms with Gasteiger partial charge >= 0.3 is 0 Å². The normalized spacial score (nSPS) is 14.7. The molecule has 104 valence electrons. The van der Waals surface area contributed by atoms with Crippen molar-refractivity contribution in [3.63, 3.8) is 0 Å². The highest BCUT2D eigenvalue weighted by atomic mass is 16.2. The summed E-state index contributed by atoms with van der Waals surface area (Å²) in [5.74, 6) is -0.178. The van der Waals surface area contributed by atoms with E-state index in [1.54, 1.807) is 30.9 Å². The highest BCUT2D eigenvalue weighted by molar-refractivity contribution is 5.96. The maximum Gasteiger partial charge on any atom is 0.270 e. The molecule has 0 spiro atoms. The Morgan fingerprint density at radius 1 is 1.37 bits per heavy atom. The zero-order valence-corrected chi connectivity index (χ0v) is 11.4. The first-order valence-corrected chi connectivity index (χ1v) is 6.44. The van der Waals surface area contributed by atoms with E-state index in [1.807, 2.05) is 4.90 Å². The Labute approximate surface area is 112 Å². The molecule has 2 rings (SSSR count). The molecular formula is C13H20N4O2. The fraction of sp³-hybridized carbons (Fsp3) is 0.538. The van der Waals surface area contributed by atoms with Crippen LogP contribution in [0.2, 0.25) is 0 Å². The fourth-order valence-electron chi connectivity index (χ4n) is 2.34. The van der Waals surface area contributed by atoms with E-state index in [2.05, 4.69) is 0 Å². The molecule has 0 bridgehead atoms. The summed E-state index contributed by atoms with van der Waals surface area (Å²) in [4.78, 5) is 27.4. The lowest BCUT2D eigenvalue weighted by molar-refractivity contribution is -0.130. The number of nitrogens with two attached hydrogens (primary N) is 1. The van der Waals surface area contributed by atoms with Gasteiger partial charge in [-0.05, 0) is 18.9 Å². The zero-order valence-electron chi connectivity index (χ0n) is 11.4. The Bertz CT molecular complexity index is 489. The van der Waals surface area contributed by atoms with Gasteiger partial charge in [0, 0.05) is 33.4 Å². The molecule has 19 heavy (non-hydrogen) atoms. The van der Waals surface area contributed by atoms with Crippen molar-refractivity contribution >= 4 is 17.5 Å². The van der Waals surface area contributed by atoms with Gasteiger partial charge in [-0.25, -0.2) is 0 Å². The first-order valence-electron chi connectivity index (χ1n) is 6.44. The van der Waals surface area contributed by atoms with Crippen molar-refractivity contribution in [2.75, 3.05) is 32.4 Å². The molecule has 1 aliphatic heterocycles. The summed E-state index contributed by atoms with van der Waals surface area (Å²) < 4.78 is 1.68. The van der Waals surface area contributed by atoms with E-state index in [-0.39, 0.29) is 18.4 Å². The monoisotopic (exact) mass is 264 g/mol. The van der Waals surface area contributed by atoms with E-state index in [0.717, 1.165) is 25.9 Å². The van der Waals surface area contributed by atoms with E-state index >= 15 is 0 Å². The van der Waals surface area contributed by atoms with Crippen LogP contribution in [0, 0.1) is 0 Å². The molecule has 1 aliphatic rings. The summed E-state index contributed by atoms with van der Waals surface area (Å²) >= 11 is 0. The second-order valence-corrected chi connectivity index (χ2v) is 5.02. The Morgan fingerprint density at radius 2 is 2.00 bits per heavy atom. The molecule has 2 N–H and O–H groups in total. The number of likely N-dealkylation sites (N-methyl/N-ethyl adjacent to an activating group) is 1. The number of likely N-dealkylation sites (tertiary alicyclic amines) is 1. The number of hydrogen-bond donors (Lipinski definition) is 1. The largest absolute Gasteiger partial charge is 0.397 e. The molecule has 0 unspecified atom stereocenters. The van der Waals surface area contributed by atoms with Gasteiger partial charge in [-0.15, -0.1) is 0 Å². The van der Waals surface area contributed by atoms with Gasteiger partial charge in [0.25, 0.3) is 5.91 Å². The van der Waals surface area contributed by atoms with Gasteiger partial charge in [-0.3, -0.25) is 9.59 Å². The van der Waals surface area contributed by atoms with Crippen LogP contribution in [0.25, 0.3) is 0 Å². The van der Waals surface area contributed by atoms with Crippen LogP contribution in [0.5, 0.6) is 0 Å². The highest BCUT2D eigenvalue weighted by Gasteiger charge is 2.22. The first kappa shape index (κ1) is 13.5. The van der Waals surface area contributed by atoms with Gasteiger partial charge in [0.05, 0.1) is 12.2 Å². The summed E-state index contributed by atoms with van der Waals surface area (Å²) in [6, 6.07) is 1.62. The van der Waals surface area contributed by atoms with Crippen LogP contribution in [-0.2, 0) is 11.8 Å². The standard InChI is InChI=1S/C13H20N4O2/c1-15-8-10(14)7-11(15)13(19)16(2)9-12(18)17-5-3-4-6-17/h7-8H,3-6,9,14H2,1-2H3. The summed E-state index contributed by atoms with van der Waals surface area (Å²) in [6.45, 7) is 1.72. The van der Waals surface area contributed by atoms with Crippen molar-refractivity contribution in [2.45, 2.75) is 12.8 Å². The minimum Gasteiger partial charge on any atom is -0.397 e. The summed E-state index contributed by atoms with van der Waals surface area (Å²) in [7, 11) is 3.40. The third-order valence-electron chi connectivity index (χ3n) is 3.42. The minimum absolute atomic E-state index is 0.00975. The van der Waals surface area contributed by atoms with Gasteiger partial charge < -0.3 is 20.1 Å². The summed E-state index contributed by atoms with van der Waals surface area (Å²) in [5, 5.41) is 0. The van der Waals surface area contributed by atoms with E-state index in [9.17, 15) is 9.59 Å². The van der Waals surface area contributed by atoms with Crippen LogP contribution in [0.1, 0.15) is 23.3 Å². The molecule has 2 heterocycles. The number of anilines is 1. The molecule has 0 radical (unpaired) electrons. The minimum atomic E-state index is -0.188. The van der Waals surface area contributed by atoms with Crippen molar-refractivity contribution < 1.29 is 9.59 Å². The van der Waals surface area contributed by atoms with Gasteiger partial charge in [0.1, 0.15) is 5.69 Å². The lowest BCUT2D eigenvalue weighted by Gasteiger charge is -2.21. The van der Waals surface area contributed by atoms with E-state index in [4.69, 9.17) is 5.73 Å². The SMILES string of the molecule is CN(CC(=O)N1CCCC1)C(=O)c1cc(N)cn1C. The topological polar surface area (TPSA) is 71.6 Å². The van der Waals surface area contributed by atoms with Crippen molar-refractivity contribution in [2.24, 2.45) is 7.05 Å².